The topological polar surface area (TPSA) is 3.24 Å². The predicted molar refractivity (Wildman–Crippen MR) is 73.2 cm³/mol. The minimum absolute atomic E-state index is 0.0719. The molecule has 1 aliphatic heterocycles. The maximum Gasteiger partial charge on any atom is 0.393 e. The van der Waals surface area contributed by atoms with Gasteiger partial charge in [0.15, 0.2) is 0 Å². The second-order valence-corrected chi connectivity index (χ2v) is 6.03. The molecule has 0 amide bonds. The minimum Gasteiger partial charge on any atom is -0.298 e. The molecule has 0 spiro atoms. The molecule has 0 N–H and O–H groups in total. The fourth-order valence-corrected chi connectivity index (χ4v) is 2.96. The number of nitrogens with zero attached hydrogens (tertiary/aromatic N) is 1. The molecule has 1 aromatic rings. The van der Waals surface area contributed by atoms with Crippen molar-refractivity contribution in [1.29, 1.82) is 0 Å². The summed E-state index contributed by atoms with van der Waals surface area (Å²) in [6, 6.07) is 5.45. The summed E-state index contributed by atoms with van der Waals surface area (Å²) in [6.07, 6.45) is -3.27. The van der Waals surface area contributed by atoms with Crippen LogP contribution in [0.5, 0.6) is 0 Å². The zero-order valence-electron chi connectivity index (χ0n) is 10.2. The van der Waals surface area contributed by atoms with Gasteiger partial charge in [-0.15, -0.1) is 0 Å². The van der Waals surface area contributed by atoms with Crippen molar-refractivity contribution in [1.82, 2.24) is 4.90 Å². The third kappa shape index (κ3) is 3.86. The van der Waals surface area contributed by atoms with E-state index in [4.69, 9.17) is 11.6 Å². The molecular formula is C13H14BrClF3N. The summed E-state index contributed by atoms with van der Waals surface area (Å²) in [5.74, 6) is -1.21. The van der Waals surface area contributed by atoms with Crippen molar-refractivity contribution in [3.8, 4) is 0 Å². The van der Waals surface area contributed by atoms with E-state index in [9.17, 15) is 13.2 Å². The molecule has 1 nitrogen and oxygen atoms in total. The quantitative estimate of drug-likeness (QED) is 0.730. The minimum atomic E-state index is -4.09. The second kappa shape index (κ2) is 6.02. The third-order valence-corrected chi connectivity index (χ3v) is 4.87. The van der Waals surface area contributed by atoms with Gasteiger partial charge in [-0.3, -0.25) is 4.90 Å². The standard InChI is InChI=1S/C13H14BrClF3N/c14-12-9(3-1-5-11(12)15)7-19-6-2-4-10(8-19)13(16,17)18/h1,3,5,10H,2,4,6-8H2. The molecular weight excluding hydrogens is 343 g/mol. The normalized spacial score (nSPS) is 21.6. The van der Waals surface area contributed by atoms with Gasteiger partial charge in [-0.1, -0.05) is 23.7 Å². The van der Waals surface area contributed by atoms with E-state index in [0.29, 0.717) is 24.5 Å². The molecule has 106 valence electrons. The number of piperidine rings is 1. The first-order chi connectivity index (χ1) is 8.88. The summed E-state index contributed by atoms with van der Waals surface area (Å²) in [5, 5.41) is 0.585. The number of halogens is 5. The summed E-state index contributed by atoms with van der Waals surface area (Å²) in [6.45, 7) is 1.27. The van der Waals surface area contributed by atoms with Gasteiger partial charge in [-0.2, -0.15) is 13.2 Å². The molecule has 1 atom stereocenters. The van der Waals surface area contributed by atoms with Crippen molar-refractivity contribution in [2.24, 2.45) is 5.92 Å². The number of benzene rings is 1. The lowest BCUT2D eigenvalue weighted by Crippen LogP contribution is -2.41. The van der Waals surface area contributed by atoms with Gasteiger partial charge in [0, 0.05) is 17.6 Å². The lowest BCUT2D eigenvalue weighted by molar-refractivity contribution is -0.187. The SMILES string of the molecule is FC(F)(F)C1CCCN(Cc2cccc(Cl)c2Br)C1. The van der Waals surface area contributed by atoms with E-state index in [2.05, 4.69) is 15.9 Å². The first-order valence-electron chi connectivity index (χ1n) is 6.10. The first-order valence-corrected chi connectivity index (χ1v) is 7.27. The van der Waals surface area contributed by atoms with Crippen LogP contribution < -0.4 is 0 Å². The van der Waals surface area contributed by atoms with Gasteiger partial charge in [0.2, 0.25) is 0 Å². The summed E-state index contributed by atoms with van der Waals surface area (Å²) >= 11 is 9.37. The number of likely N-dealkylation sites (tertiary alicyclic amines) is 1. The smallest absolute Gasteiger partial charge is 0.298 e. The Bertz CT molecular complexity index is 450. The average molecular weight is 357 g/mol. The molecule has 1 aromatic carbocycles. The molecule has 6 heteroatoms. The first kappa shape index (κ1) is 15.1. The fraction of sp³-hybridized carbons (Fsp3) is 0.538. The maximum absolute atomic E-state index is 12.7. The third-order valence-electron chi connectivity index (χ3n) is 3.39. The van der Waals surface area contributed by atoms with E-state index in [1.54, 1.807) is 6.07 Å². The van der Waals surface area contributed by atoms with Crippen LogP contribution in [0.15, 0.2) is 22.7 Å². The Morgan fingerprint density at radius 2 is 2.11 bits per heavy atom. The van der Waals surface area contributed by atoms with Crippen LogP contribution in [0.1, 0.15) is 18.4 Å². The van der Waals surface area contributed by atoms with E-state index in [0.717, 1.165) is 10.0 Å². The van der Waals surface area contributed by atoms with Crippen molar-refractivity contribution < 1.29 is 13.2 Å². The number of hydrogen-bond donors (Lipinski definition) is 0. The molecule has 1 aliphatic rings. The Morgan fingerprint density at radius 1 is 1.37 bits per heavy atom. The van der Waals surface area contributed by atoms with Crippen molar-refractivity contribution >= 4 is 27.5 Å². The molecule has 0 aromatic heterocycles. The molecule has 0 bridgehead atoms. The Balaban J connectivity index is 2.05. The van der Waals surface area contributed by atoms with Gasteiger partial charge in [0.05, 0.1) is 10.9 Å². The molecule has 1 fully saturated rings. The monoisotopic (exact) mass is 355 g/mol. The molecule has 0 radical (unpaired) electrons. The van der Waals surface area contributed by atoms with Gasteiger partial charge < -0.3 is 0 Å². The average Bonchev–Trinajstić information content (AvgIpc) is 2.34. The summed E-state index contributed by atoms with van der Waals surface area (Å²) in [5.41, 5.74) is 0.926. The van der Waals surface area contributed by atoms with Gasteiger partial charge in [0.1, 0.15) is 0 Å². The summed E-state index contributed by atoms with van der Waals surface area (Å²) in [4.78, 5) is 1.85. The van der Waals surface area contributed by atoms with Crippen LogP contribution in [0.3, 0.4) is 0 Å². The van der Waals surface area contributed by atoms with E-state index in [1.807, 2.05) is 17.0 Å². The Kier molecular flexibility index (Phi) is 4.79. The number of alkyl halides is 3. The van der Waals surface area contributed by atoms with Crippen LogP contribution in [0.4, 0.5) is 13.2 Å². The van der Waals surface area contributed by atoms with Gasteiger partial charge in [0.25, 0.3) is 0 Å². The van der Waals surface area contributed by atoms with Crippen molar-refractivity contribution in [2.45, 2.75) is 25.6 Å². The lowest BCUT2D eigenvalue weighted by atomic mass is 9.97. The fourth-order valence-electron chi connectivity index (χ4n) is 2.38. The highest BCUT2D eigenvalue weighted by atomic mass is 79.9. The lowest BCUT2D eigenvalue weighted by Gasteiger charge is -2.33. The highest BCUT2D eigenvalue weighted by Crippen LogP contribution is 2.34. The Hall–Kier alpha value is -0.260. The summed E-state index contributed by atoms with van der Waals surface area (Å²) < 4.78 is 39.0. The van der Waals surface area contributed by atoms with Crippen LogP contribution in [0.2, 0.25) is 5.02 Å². The van der Waals surface area contributed by atoms with Gasteiger partial charge >= 0.3 is 6.18 Å². The molecule has 2 rings (SSSR count). The zero-order chi connectivity index (χ0) is 14.0. The number of hydrogen-bond acceptors (Lipinski definition) is 1. The van der Waals surface area contributed by atoms with Gasteiger partial charge in [-0.25, -0.2) is 0 Å². The zero-order valence-corrected chi connectivity index (χ0v) is 12.5. The highest BCUT2D eigenvalue weighted by molar-refractivity contribution is 9.10. The van der Waals surface area contributed by atoms with Crippen molar-refractivity contribution in [3.05, 3.63) is 33.3 Å². The number of rotatable bonds is 2. The van der Waals surface area contributed by atoms with Crippen LogP contribution in [-0.4, -0.2) is 24.2 Å². The van der Waals surface area contributed by atoms with E-state index < -0.39 is 12.1 Å². The van der Waals surface area contributed by atoms with Crippen LogP contribution >= 0.6 is 27.5 Å². The second-order valence-electron chi connectivity index (χ2n) is 4.83. The van der Waals surface area contributed by atoms with Crippen LogP contribution in [0.25, 0.3) is 0 Å². The van der Waals surface area contributed by atoms with Crippen LogP contribution in [-0.2, 0) is 6.54 Å². The van der Waals surface area contributed by atoms with E-state index in [1.165, 1.54) is 0 Å². The van der Waals surface area contributed by atoms with Gasteiger partial charge in [-0.05, 0) is 46.9 Å². The molecule has 1 heterocycles. The Morgan fingerprint density at radius 3 is 2.79 bits per heavy atom. The maximum atomic E-state index is 12.7. The van der Waals surface area contributed by atoms with Crippen molar-refractivity contribution in [2.75, 3.05) is 13.1 Å². The molecule has 0 saturated carbocycles. The van der Waals surface area contributed by atoms with E-state index >= 15 is 0 Å². The highest BCUT2D eigenvalue weighted by Gasteiger charge is 2.41. The van der Waals surface area contributed by atoms with Crippen LogP contribution in [0, 0.1) is 5.92 Å². The molecule has 1 saturated heterocycles. The molecule has 0 aliphatic carbocycles. The summed E-state index contributed by atoms with van der Waals surface area (Å²) in [7, 11) is 0. The van der Waals surface area contributed by atoms with Crippen molar-refractivity contribution in [3.63, 3.8) is 0 Å². The van der Waals surface area contributed by atoms with E-state index in [-0.39, 0.29) is 13.0 Å². The molecule has 19 heavy (non-hydrogen) atoms. The predicted octanol–water partition coefficient (Wildman–Crippen LogP) is 4.88. The Labute approximate surface area is 123 Å². The largest absolute Gasteiger partial charge is 0.393 e. The molecule has 1 unspecified atom stereocenters.